The van der Waals surface area contributed by atoms with Gasteiger partial charge in [-0.15, -0.1) is 0 Å². The van der Waals surface area contributed by atoms with Crippen molar-refractivity contribution in [2.75, 3.05) is 0 Å². The van der Waals surface area contributed by atoms with E-state index in [2.05, 4.69) is 14.3 Å². The fraction of sp³-hybridized carbons (Fsp3) is 0. The third-order valence-corrected chi connectivity index (χ3v) is 3.13. The molecule has 1 N–H and O–H groups in total. The van der Waals surface area contributed by atoms with Gasteiger partial charge in [0.1, 0.15) is 0 Å². The van der Waals surface area contributed by atoms with Gasteiger partial charge < -0.3 is 38.0 Å². The molecule has 22 heavy (non-hydrogen) atoms. The maximum atomic E-state index is 9.32. The van der Waals surface area contributed by atoms with Crippen LogP contribution in [0.1, 0.15) is 0 Å². The van der Waals surface area contributed by atoms with Gasteiger partial charge in [0.05, 0.1) is 33.0 Å². The summed E-state index contributed by atoms with van der Waals surface area (Å²) in [6, 6.07) is 7.94. The molecular formula is C7H6N2Na4O7P2. The molecule has 0 atom stereocenters. The van der Waals surface area contributed by atoms with E-state index in [0.29, 0.717) is 0 Å². The smallest absolute Gasteiger partial charge is 0.790 e. The minimum absolute atomic E-state index is 0. The Hall–Kier alpha value is 2.95. The first-order chi connectivity index (χ1) is 8.17. The number of hydrogen-bond donors (Lipinski definition) is 1. The Bertz CT molecular complexity index is 565. The van der Waals surface area contributed by atoms with E-state index < -0.39 is 15.6 Å². The second-order valence-electron chi connectivity index (χ2n) is 2.90. The number of phosphoric acid groups is 2. The molecule has 0 saturated carbocycles. The van der Waals surface area contributed by atoms with E-state index in [0.717, 1.165) is 11.0 Å². The second kappa shape index (κ2) is 15.1. The third-order valence-electron chi connectivity index (χ3n) is 1.53. The number of H-pyrrole nitrogens is 1. The monoisotopic (exact) mass is 384 g/mol. The number of hydrogen-bond acceptors (Lipinski definition) is 8. The summed E-state index contributed by atoms with van der Waals surface area (Å²) in [5.41, 5.74) is 2.12. The molecule has 1 aromatic carbocycles. The first-order valence-electron chi connectivity index (χ1n) is 4.31. The van der Waals surface area contributed by atoms with Crippen LogP contribution in [0.4, 0.5) is 0 Å². The Morgan fingerprint density at radius 2 is 1.36 bits per heavy atom. The van der Waals surface area contributed by atoms with Gasteiger partial charge in [0.2, 0.25) is 0 Å². The van der Waals surface area contributed by atoms with Gasteiger partial charge in [-0.2, -0.15) is 0 Å². The molecule has 0 aliphatic carbocycles. The van der Waals surface area contributed by atoms with Crippen molar-refractivity contribution in [3.05, 3.63) is 30.6 Å². The zero-order valence-corrected chi connectivity index (χ0v) is 22.4. The Morgan fingerprint density at radius 1 is 0.909 bits per heavy atom. The van der Waals surface area contributed by atoms with Gasteiger partial charge in [-0.05, 0) is 12.1 Å². The van der Waals surface area contributed by atoms with Crippen LogP contribution in [-0.2, 0) is 13.4 Å². The quantitative estimate of drug-likeness (QED) is 0.394. The van der Waals surface area contributed by atoms with Crippen molar-refractivity contribution < 1.29 is 151 Å². The number of aromatic amines is 1. The average molecular weight is 384 g/mol. The zero-order valence-electron chi connectivity index (χ0n) is 12.6. The van der Waals surface area contributed by atoms with Crippen LogP contribution in [0.15, 0.2) is 30.6 Å². The molecule has 15 heteroatoms. The van der Waals surface area contributed by atoms with Crippen LogP contribution in [0.3, 0.4) is 0 Å². The molecule has 9 nitrogen and oxygen atoms in total. The molecule has 1 heterocycles. The molecule has 0 radical (unpaired) electrons. The van der Waals surface area contributed by atoms with Crippen molar-refractivity contribution in [3.8, 4) is 0 Å². The summed E-state index contributed by atoms with van der Waals surface area (Å²) in [6.07, 6.45) is 1.70. The molecule has 100 valence electrons. The Labute approximate surface area is 215 Å². The number of fused-ring (bicyclic) bond motifs is 1. The molecule has 2 rings (SSSR count). The molecule has 0 unspecified atom stereocenters. The summed E-state index contributed by atoms with van der Waals surface area (Å²) < 4.78 is 21.2. The molecule has 0 amide bonds. The molecule has 0 aliphatic heterocycles. The molecule has 0 aliphatic rings. The van der Waals surface area contributed by atoms with Gasteiger partial charge in [0.15, 0.2) is 0 Å². The van der Waals surface area contributed by atoms with Crippen LogP contribution in [0, 0.1) is 0 Å². The van der Waals surface area contributed by atoms with Crippen LogP contribution in [-0.4, -0.2) is 9.97 Å². The third kappa shape index (κ3) is 16.4. The summed E-state index contributed by atoms with van der Waals surface area (Å²) in [4.78, 5) is 44.4. The standard InChI is InChI=1S/C7H6N2.4Na.H4O7P2/c1-2-4-7-6(3-1)8-5-9-7;;;;;1-8(2,3)7-9(4,5)6/h1-5H,(H,8,9);;;;;(H2,1,2,3)(H2,4,5,6)/q;4*+1;/p-4. The number of benzene rings is 1. The number of para-hydroxylation sites is 2. The molecule has 0 saturated heterocycles. The first kappa shape index (κ1) is 32.6. The summed E-state index contributed by atoms with van der Waals surface area (Å²) in [5.74, 6) is 0. The van der Waals surface area contributed by atoms with Gasteiger partial charge in [-0.1, -0.05) is 12.1 Å². The maximum Gasteiger partial charge on any atom is 1.00 e. The van der Waals surface area contributed by atoms with Crippen molar-refractivity contribution in [2.45, 2.75) is 0 Å². The largest absolute Gasteiger partial charge is 1.00 e. The van der Waals surface area contributed by atoms with Gasteiger partial charge in [0.25, 0.3) is 0 Å². The Morgan fingerprint density at radius 3 is 1.73 bits per heavy atom. The van der Waals surface area contributed by atoms with Gasteiger partial charge >= 0.3 is 118 Å². The van der Waals surface area contributed by atoms with Crippen LogP contribution < -0.4 is 138 Å². The van der Waals surface area contributed by atoms with Crippen LogP contribution >= 0.6 is 15.6 Å². The number of rotatable bonds is 2. The van der Waals surface area contributed by atoms with E-state index in [1.807, 2.05) is 24.3 Å². The van der Waals surface area contributed by atoms with Gasteiger partial charge in [0, 0.05) is 0 Å². The first-order valence-corrected chi connectivity index (χ1v) is 7.23. The molecule has 1 aromatic heterocycles. The number of nitrogens with zero attached hydrogens (tertiary/aromatic N) is 1. The van der Waals surface area contributed by atoms with E-state index >= 15 is 0 Å². The molecule has 2 aromatic rings. The second-order valence-corrected chi connectivity index (χ2v) is 5.34. The molecule has 0 bridgehead atoms. The summed E-state index contributed by atoms with van der Waals surface area (Å²) in [7, 11) is -11.4. The van der Waals surface area contributed by atoms with E-state index in [9.17, 15) is 28.7 Å². The Kier molecular flexibility index (Phi) is 22.3. The predicted octanol–water partition coefficient (Wildman–Crippen LogP) is -13.8. The number of imidazole rings is 1. The van der Waals surface area contributed by atoms with Crippen molar-refractivity contribution in [3.63, 3.8) is 0 Å². The van der Waals surface area contributed by atoms with Crippen molar-refractivity contribution >= 4 is 26.7 Å². The number of aromatic nitrogens is 2. The van der Waals surface area contributed by atoms with Crippen molar-refractivity contribution in [2.24, 2.45) is 0 Å². The van der Waals surface area contributed by atoms with E-state index in [1.54, 1.807) is 6.33 Å². The summed E-state index contributed by atoms with van der Waals surface area (Å²) in [6.45, 7) is 0. The average Bonchev–Trinajstić information content (AvgIpc) is 2.59. The molecule has 0 spiro atoms. The van der Waals surface area contributed by atoms with E-state index in [1.165, 1.54) is 0 Å². The number of nitrogens with one attached hydrogen (secondary N) is 1. The summed E-state index contributed by atoms with van der Waals surface area (Å²) >= 11 is 0. The van der Waals surface area contributed by atoms with Crippen LogP contribution in [0.5, 0.6) is 0 Å². The van der Waals surface area contributed by atoms with Crippen LogP contribution in [0.2, 0.25) is 0 Å². The molecular weight excluding hydrogens is 378 g/mol. The minimum atomic E-state index is -5.68. The van der Waals surface area contributed by atoms with Crippen molar-refractivity contribution in [1.82, 2.24) is 9.97 Å². The van der Waals surface area contributed by atoms with E-state index in [-0.39, 0.29) is 118 Å². The minimum Gasteiger partial charge on any atom is -0.790 e. The van der Waals surface area contributed by atoms with Crippen molar-refractivity contribution in [1.29, 1.82) is 0 Å². The van der Waals surface area contributed by atoms with Gasteiger partial charge in [-0.25, -0.2) is 4.98 Å². The van der Waals surface area contributed by atoms with E-state index in [4.69, 9.17) is 0 Å². The normalized spacial score (nSPS) is 9.82. The van der Waals surface area contributed by atoms with Gasteiger partial charge in [-0.3, -0.25) is 0 Å². The fourth-order valence-corrected chi connectivity index (χ4v) is 1.98. The summed E-state index contributed by atoms with van der Waals surface area (Å²) in [5, 5.41) is 0. The maximum absolute atomic E-state index is 9.32. The van der Waals surface area contributed by atoms with Crippen LogP contribution in [0.25, 0.3) is 11.0 Å². The topological polar surface area (TPSA) is 164 Å². The molecule has 0 fully saturated rings. The fourth-order valence-electron chi connectivity index (χ4n) is 1.00. The zero-order chi connectivity index (χ0) is 13.8. The Balaban J connectivity index is -0.000000125. The SMILES string of the molecule is O=P([O-])([O-])OP(=O)([O-])[O-].[Na+].[Na+].[Na+].[Na+].c1ccc2[nH]cnc2c1. The predicted molar refractivity (Wildman–Crippen MR) is 52.4 cm³/mol.